The SMILES string of the molecule is CCCNC(c1ccc(SCC)cc1)C1CCCC1. The van der Waals surface area contributed by atoms with Gasteiger partial charge in [-0.05, 0) is 55.2 Å². The van der Waals surface area contributed by atoms with Crippen molar-refractivity contribution in [3.8, 4) is 0 Å². The van der Waals surface area contributed by atoms with Gasteiger partial charge in [0.2, 0.25) is 0 Å². The first kappa shape index (κ1) is 14.9. The first-order chi connectivity index (χ1) is 9.35. The summed E-state index contributed by atoms with van der Waals surface area (Å²) in [5, 5.41) is 3.77. The molecule has 0 radical (unpaired) electrons. The van der Waals surface area contributed by atoms with Crippen molar-refractivity contribution < 1.29 is 0 Å². The third-order valence-electron chi connectivity index (χ3n) is 4.04. The van der Waals surface area contributed by atoms with E-state index in [2.05, 4.69) is 43.4 Å². The molecule has 0 heterocycles. The van der Waals surface area contributed by atoms with Crippen molar-refractivity contribution in [3.05, 3.63) is 29.8 Å². The summed E-state index contributed by atoms with van der Waals surface area (Å²) in [7, 11) is 0. The Bertz CT molecular complexity index is 354. The molecule has 1 aliphatic carbocycles. The topological polar surface area (TPSA) is 12.0 Å². The molecule has 1 saturated carbocycles. The summed E-state index contributed by atoms with van der Waals surface area (Å²) >= 11 is 1.93. The van der Waals surface area contributed by atoms with Crippen LogP contribution in [0.5, 0.6) is 0 Å². The van der Waals surface area contributed by atoms with E-state index in [9.17, 15) is 0 Å². The van der Waals surface area contributed by atoms with E-state index < -0.39 is 0 Å². The van der Waals surface area contributed by atoms with E-state index in [-0.39, 0.29) is 0 Å². The predicted octanol–water partition coefficient (Wildman–Crippen LogP) is 5.03. The van der Waals surface area contributed by atoms with Crippen LogP contribution in [0.4, 0.5) is 0 Å². The molecule has 1 aromatic rings. The minimum absolute atomic E-state index is 0.572. The normalized spacial score (nSPS) is 17.8. The molecule has 2 rings (SSSR count). The van der Waals surface area contributed by atoms with Gasteiger partial charge < -0.3 is 5.32 Å². The summed E-state index contributed by atoms with van der Waals surface area (Å²) in [5.74, 6) is 2.00. The molecule has 19 heavy (non-hydrogen) atoms. The minimum atomic E-state index is 0.572. The van der Waals surface area contributed by atoms with E-state index in [0.717, 1.165) is 18.2 Å². The smallest absolute Gasteiger partial charge is 0.0348 e. The number of hydrogen-bond donors (Lipinski definition) is 1. The quantitative estimate of drug-likeness (QED) is 0.702. The molecular formula is C17H27NS. The zero-order valence-corrected chi connectivity index (χ0v) is 13.1. The predicted molar refractivity (Wildman–Crippen MR) is 85.8 cm³/mol. The van der Waals surface area contributed by atoms with Crippen LogP contribution < -0.4 is 5.32 Å². The van der Waals surface area contributed by atoms with E-state index in [1.807, 2.05) is 11.8 Å². The molecule has 2 heteroatoms. The molecular weight excluding hydrogens is 250 g/mol. The zero-order chi connectivity index (χ0) is 13.5. The van der Waals surface area contributed by atoms with Crippen molar-refractivity contribution in [2.24, 2.45) is 5.92 Å². The lowest BCUT2D eigenvalue weighted by molar-refractivity contribution is 0.368. The molecule has 1 aliphatic rings. The third kappa shape index (κ3) is 4.25. The van der Waals surface area contributed by atoms with Crippen molar-refractivity contribution in [3.63, 3.8) is 0 Å². The Morgan fingerprint density at radius 1 is 1.16 bits per heavy atom. The summed E-state index contributed by atoms with van der Waals surface area (Å²) in [4.78, 5) is 1.40. The Hall–Kier alpha value is -0.470. The molecule has 1 fully saturated rings. The second kappa shape index (κ2) is 7.96. The van der Waals surface area contributed by atoms with Crippen LogP contribution in [-0.2, 0) is 0 Å². The first-order valence-corrected chi connectivity index (χ1v) is 8.79. The maximum atomic E-state index is 3.77. The minimum Gasteiger partial charge on any atom is -0.310 e. The number of hydrogen-bond acceptors (Lipinski definition) is 2. The van der Waals surface area contributed by atoms with E-state index >= 15 is 0 Å². The van der Waals surface area contributed by atoms with Gasteiger partial charge in [0.1, 0.15) is 0 Å². The zero-order valence-electron chi connectivity index (χ0n) is 12.3. The van der Waals surface area contributed by atoms with Gasteiger partial charge in [0, 0.05) is 10.9 Å². The maximum Gasteiger partial charge on any atom is 0.0348 e. The first-order valence-electron chi connectivity index (χ1n) is 7.81. The highest BCUT2D eigenvalue weighted by molar-refractivity contribution is 7.99. The van der Waals surface area contributed by atoms with Crippen molar-refractivity contribution in [1.29, 1.82) is 0 Å². The Labute approximate surface area is 122 Å². The van der Waals surface area contributed by atoms with Crippen LogP contribution in [0.1, 0.15) is 57.6 Å². The summed E-state index contributed by atoms with van der Waals surface area (Å²) in [6.07, 6.45) is 6.84. The van der Waals surface area contributed by atoms with E-state index in [4.69, 9.17) is 0 Å². The summed E-state index contributed by atoms with van der Waals surface area (Å²) in [6.45, 7) is 5.59. The fourth-order valence-corrected chi connectivity index (χ4v) is 3.75. The van der Waals surface area contributed by atoms with Gasteiger partial charge in [0.05, 0.1) is 0 Å². The average molecular weight is 277 g/mol. The monoisotopic (exact) mass is 277 g/mol. The van der Waals surface area contributed by atoms with Gasteiger partial charge >= 0.3 is 0 Å². The molecule has 1 nitrogen and oxygen atoms in total. The van der Waals surface area contributed by atoms with Crippen LogP contribution in [0.3, 0.4) is 0 Å². The standard InChI is InChI=1S/C17H27NS/c1-3-13-18-17(14-7-5-6-8-14)15-9-11-16(12-10-15)19-4-2/h9-12,14,17-18H,3-8,13H2,1-2H3. The largest absolute Gasteiger partial charge is 0.310 e. The van der Waals surface area contributed by atoms with Crippen LogP contribution in [0.25, 0.3) is 0 Å². The van der Waals surface area contributed by atoms with Crippen LogP contribution >= 0.6 is 11.8 Å². The van der Waals surface area contributed by atoms with Gasteiger partial charge in [-0.2, -0.15) is 0 Å². The molecule has 1 N–H and O–H groups in total. The molecule has 106 valence electrons. The molecule has 0 saturated heterocycles. The van der Waals surface area contributed by atoms with Crippen molar-refractivity contribution in [2.75, 3.05) is 12.3 Å². The lowest BCUT2D eigenvalue weighted by atomic mass is 9.91. The van der Waals surface area contributed by atoms with Crippen LogP contribution in [-0.4, -0.2) is 12.3 Å². The second-order valence-corrected chi connectivity index (χ2v) is 6.82. The number of nitrogens with one attached hydrogen (secondary N) is 1. The fraction of sp³-hybridized carbons (Fsp3) is 0.647. The van der Waals surface area contributed by atoms with Gasteiger partial charge in [-0.3, -0.25) is 0 Å². The molecule has 0 aromatic heterocycles. The van der Waals surface area contributed by atoms with Crippen molar-refractivity contribution in [1.82, 2.24) is 5.32 Å². The number of rotatable bonds is 7. The average Bonchev–Trinajstić information content (AvgIpc) is 2.95. The maximum absolute atomic E-state index is 3.77. The molecule has 1 aromatic carbocycles. The molecule has 0 spiro atoms. The van der Waals surface area contributed by atoms with E-state index in [0.29, 0.717) is 6.04 Å². The summed E-state index contributed by atoms with van der Waals surface area (Å²) in [5.41, 5.74) is 1.49. The number of benzene rings is 1. The lowest BCUT2D eigenvalue weighted by Gasteiger charge is -2.25. The fourth-order valence-electron chi connectivity index (χ4n) is 3.09. The van der Waals surface area contributed by atoms with E-state index in [1.54, 1.807) is 0 Å². The number of thioether (sulfide) groups is 1. The van der Waals surface area contributed by atoms with Crippen LogP contribution in [0, 0.1) is 5.92 Å². The Kier molecular flexibility index (Phi) is 6.25. The lowest BCUT2D eigenvalue weighted by Crippen LogP contribution is -2.27. The molecule has 1 atom stereocenters. The summed E-state index contributed by atoms with van der Waals surface area (Å²) < 4.78 is 0. The van der Waals surface area contributed by atoms with Crippen molar-refractivity contribution in [2.45, 2.75) is 56.9 Å². The van der Waals surface area contributed by atoms with Crippen molar-refractivity contribution >= 4 is 11.8 Å². The third-order valence-corrected chi connectivity index (χ3v) is 4.93. The Morgan fingerprint density at radius 3 is 2.42 bits per heavy atom. The van der Waals surface area contributed by atoms with Gasteiger partial charge in [-0.25, -0.2) is 0 Å². The molecule has 0 bridgehead atoms. The Balaban J connectivity index is 2.07. The molecule has 0 aliphatic heterocycles. The highest BCUT2D eigenvalue weighted by atomic mass is 32.2. The van der Waals surface area contributed by atoms with Crippen LogP contribution in [0.15, 0.2) is 29.2 Å². The van der Waals surface area contributed by atoms with Gasteiger partial charge in [-0.1, -0.05) is 38.8 Å². The molecule has 0 amide bonds. The second-order valence-electron chi connectivity index (χ2n) is 5.48. The van der Waals surface area contributed by atoms with Gasteiger partial charge in [-0.15, -0.1) is 11.8 Å². The highest BCUT2D eigenvalue weighted by Crippen LogP contribution is 2.36. The van der Waals surface area contributed by atoms with Gasteiger partial charge in [0.15, 0.2) is 0 Å². The van der Waals surface area contributed by atoms with E-state index in [1.165, 1.54) is 42.6 Å². The summed E-state index contributed by atoms with van der Waals surface area (Å²) in [6, 6.07) is 9.83. The Morgan fingerprint density at radius 2 is 1.84 bits per heavy atom. The molecule has 1 unspecified atom stereocenters. The van der Waals surface area contributed by atoms with Crippen LogP contribution in [0.2, 0.25) is 0 Å². The van der Waals surface area contributed by atoms with Gasteiger partial charge in [0.25, 0.3) is 0 Å². The highest BCUT2D eigenvalue weighted by Gasteiger charge is 2.25.